The smallest absolute Gasteiger partial charge is 0.0827 e. The first-order valence-corrected chi connectivity index (χ1v) is 4.81. The molecule has 0 saturated heterocycles. The van der Waals surface area contributed by atoms with E-state index in [1.807, 2.05) is 10.9 Å². The zero-order chi connectivity index (χ0) is 9.68. The predicted molar refractivity (Wildman–Crippen MR) is 52.2 cm³/mol. The second-order valence-corrected chi connectivity index (χ2v) is 3.72. The Bertz CT molecular complexity index is 242. The molecule has 0 unspecified atom stereocenters. The maximum absolute atomic E-state index is 5.41. The minimum Gasteiger partial charge on any atom is -0.330 e. The van der Waals surface area contributed by atoms with Crippen LogP contribution < -0.4 is 5.73 Å². The van der Waals surface area contributed by atoms with Crippen LogP contribution in [-0.4, -0.2) is 21.5 Å². The lowest BCUT2D eigenvalue weighted by atomic mass is 10.2. The Morgan fingerprint density at radius 3 is 2.92 bits per heavy atom. The Labute approximate surface area is 79.1 Å². The maximum Gasteiger partial charge on any atom is 0.0827 e. The van der Waals surface area contributed by atoms with Gasteiger partial charge in [-0.05, 0) is 25.3 Å². The average molecular weight is 182 g/mol. The van der Waals surface area contributed by atoms with Gasteiger partial charge in [-0.25, -0.2) is 0 Å². The second kappa shape index (κ2) is 4.97. The van der Waals surface area contributed by atoms with Crippen molar-refractivity contribution in [1.82, 2.24) is 15.0 Å². The molecule has 0 atom stereocenters. The number of nitrogens with two attached hydrogens (primary N) is 1. The number of rotatable bonds is 5. The molecule has 2 N–H and O–H groups in total. The molecule has 1 aromatic heterocycles. The molecular weight excluding hydrogens is 164 g/mol. The topological polar surface area (TPSA) is 56.7 Å². The van der Waals surface area contributed by atoms with Crippen molar-refractivity contribution in [2.24, 2.45) is 11.7 Å². The summed E-state index contributed by atoms with van der Waals surface area (Å²) in [5.41, 5.74) is 6.46. The van der Waals surface area contributed by atoms with E-state index in [4.69, 9.17) is 5.73 Å². The third-order valence-corrected chi connectivity index (χ3v) is 1.78. The lowest BCUT2D eigenvalue weighted by Crippen LogP contribution is -2.04. The van der Waals surface area contributed by atoms with Gasteiger partial charge in [-0.2, -0.15) is 0 Å². The van der Waals surface area contributed by atoms with Gasteiger partial charge >= 0.3 is 0 Å². The SMILES string of the molecule is CC(C)Cn1cc(CCCN)nn1. The zero-order valence-corrected chi connectivity index (χ0v) is 8.40. The van der Waals surface area contributed by atoms with Gasteiger partial charge in [-0.3, -0.25) is 4.68 Å². The van der Waals surface area contributed by atoms with Crippen LogP contribution in [0.3, 0.4) is 0 Å². The highest BCUT2D eigenvalue weighted by Gasteiger charge is 2.01. The fourth-order valence-electron chi connectivity index (χ4n) is 1.20. The summed E-state index contributed by atoms with van der Waals surface area (Å²) in [6.07, 6.45) is 3.94. The molecule has 1 heterocycles. The summed E-state index contributed by atoms with van der Waals surface area (Å²) in [4.78, 5) is 0. The van der Waals surface area contributed by atoms with Crippen LogP contribution in [0.15, 0.2) is 6.20 Å². The Hall–Kier alpha value is -0.900. The molecule has 4 heteroatoms. The molecule has 74 valence electrons. The molecule has 1 rings (SSSR count). The standard InChI is InChI=1S/C9H18N4/c1-8(2)6-13-7-9(11-12-13)4-3-5-10/h7-8H,3-6,10H2,1-2H3. The predicted octanol–water partition coefficient (Wildman–Crippen LogP) is 0.825. The van der Waals surface area contributed by atoms with Gasteiger partial charge < -0.3 is 5.73 Å². The molecule has 4 nitrogen and oxygen atoms in total. The Kier molecular flexibility index (Phi) is 3.89. The molecule has 0 radical (unpaired) electrons. The number of hydrogen-bond donors (Lipinski definition) is 1. The van der Waals surface area contributed by atoms with Crippen molar-refractivity contribution in [2.75, 3.05) is 6.54 Å². The van der Waals surface area contributed by atoms with Crippen molar-refractivity contribution >= 4 is 0 Å². The van der Waals surface area contributed by atoms with Crippen LogP contribution >= 0.6 is 0 Å². The molecule has 1 aromatic rings. The summed E-state index contributed by atoms with van der Waals surface area (Å²) >= 11 is 0. The van der Waals surface area contributed by atoms with Gasteiger partial charge in [0, 0.05) is 12.7 Å². The van der Waals surface area contributed by atoms with Crippen molar-refractivity contribution in [1.29, 1.82) is 0 Å². The van der Waals surface area contributed by atoms with Gasteiger partial charge in [-0.1, -0.05) is 19.1 Å². The number of nitrogens with zero attached hydrogens (tertiary/aromatic N) is 3. The van der Waals surface area contributed by atoms with Crippen molar-refractivity contribution in [3.05, 3.63) is 11.9 Å². The van der Waals surface area contributed by atoms with Crippen LogP contribution in [0.5, 0.6) is 0 Å². The van der Waals surface area contributed by atoms with Crippen LogP contribution in [0.25, 0.3) is 0 Å². The van der Waals surface area contributed by atoms with E-state index in [0.717, 1.165) is 31.6 Å². The summed E-state index contributed by atoms with van der Waals surface area (Å²) in [7, 11) is 0. The fourth-order valence-corrected chi connectivity index (χ4v) is 1.20. The van der Waals surface area contributed by atoms with Gasteiger partial charge in [0.2, 0.25) is 0 Å². The molecule has 0 aromatic carbocycles. The van der Waals surface area contributed by atoms with E-state index < -0.39 is 0 Å². The summed E-state index contributed by atoms with van der Waals surface area (Å²) in [6.45, 7) is 6.00. The van der Waals surface area contributed by atoms with Crippen LogP contribution in [0.2, 0.25) is 0 Å². The van der Waals surface area contributed by atoms with Gasteiger partial charge in [-0.15, -0.1) is 5.10 Å². The molecule has 0 aliphatic carbocycles. The Morgan fingerprint density at radius 1 is 1.54 bits per heavy atom. The maximum atomic E-state index is 5.41. The van der Waals surface area contributed by atoms with Crippen LogP contribution in [0.4, 0.5) is 0 Å². The van der Waals surface area contributed by atoms with Crippen molar-refractivity contribution in [3.63, 3.8) is 0 Å². The Balaban J connectivity index is 2.44. The first kappa shape index (κ1) is 10.2. The third kappa shape index (κ3) is 3.55. The third-order valence-electron chi connectivity index (χ3n) is 1.78. The van der Waals surface area contributed by atoms with Gasteiger partial charge in [0.1, 0.15) is 0 Å². The van der Waals surface area contributed by atoms with E-state index >= 15 is 0 Å². The molecule has 13 heavy (non-hydrogen) atoms. The molecule has 0 bridgehead atoms. The van der Waals surface area contributed by atoms with Gasteiger partial charge in [0.15, 0.2) is 0 Å². The highest BCUT2D eigenvalue weighted by molar-refractivity contribution is 4.92. The first-order valence-electron chi connectivity index (χ1n) is 4.81. The summed E-state index contributed by atoms with van der Waals surface area (Å²) < 4.78 is 1.90. The van der Waals surface area contributed by atoms with E-state index in [9.17, 15) is 0 Å². The fraction of sp³-hybridized carbons (Fsp3) is 0.778. The lowest BCUT2D eigenvalue weighted by Gasteiger charge is -2.01. The molecule has 0 aliphatic heterocycles. The lowest BCUT2D eigenvalue weighted by molar-refractivity contribution is 0.472. The molecule has 0 fully saturated rings. The zero-order valence-electron chi connectivity index (χ0n) is 8.40. The second-order valence-electron chi connectivity index (χ2n) is 3.72. The summed E-state index contributed by atoms with van der Waals surface area (Å²) in [6, 6.07) is 0. The summed E-state index contributed by atoms with van der Waals surface area (Å²) in [5, 5.41) is 8.10. The molecule has 0 saturated carbocycles. The van der Waals surface area contributed by atoms with E-state index in [1.54, 1.807) is 0 Å². The van der Waals surface area contributed by atoms with E-state index in [-0.39, 0.29) is 0 Å². The van der Waals surface area contributed by atoms with E-state index in [1.165, 1.54) is 0 Å². The quantitative estimate of drug-likeness (QED) is 0.733. The first-order chi connectivity index (χ1) is 6.22. The average Bonchev–Trinajstić information content (AvgIpc) is 2.48. The molecular formula is C9H18N4. The highest BCUT2D eigenvalue weighted by Crippen LogP contribution is 2.00. The largest absolute Gasteiger partial charge is 0.330 e. The minimum atomic E-state index is 0.615. The molecule has 0 aliphatic rings. The number of hydrogen-bond acceptors (Lipinski definition) is 3. The minimum absolute atomic E-state index is 0.615. The van der Waals surface area contributed by atoms with E-state index in [0.29, 0.717) is 5.92 Å². The Morgan fingerprint density at radius 2 is 2.31 bits per heavy atom. The number of aromatic nitrogens is 3. The van der Waals surface area contributed by atoms with Crippen LogP contribution in [-0.2, 0) is 13.0 Å². The van der Waals surface area contributed by atoms with Crippen LogP contribution in [0, 0.1) is 5.92 Å². The molecule has 0 amide bonds. The number of aryl methyl sites for hydroxylation is 1. The normalized spacial score (nSPS) is 11.1. The highest BCUT2D eigenvalue weighted by atomic mass is 15.4. The van der Waals surface area contributed by atoms with Crippen LogP contribution in [0.1, 0.15) is 26.0 Å². The van der Waals surface area contributed by atoms with Gasteiger partial charge in [0.25, 0.3) is 0 Å². The van der Waals surface area contributed by atoms with Crippen molar-refractivity contribution in [2.45, 2.75) is 33.2 Å². The van der Waals surface area contributed by atoms with Crippen molar-refractivity contribution in [3.8, 4) is 0 Å². The summed E-state index contributed by atoms with van der Waals surface area (Å²) in [5.74, 6) is 0.615. The monoisotopic (exact) mass is 182 g/mol. The van der Waals surface area contributed by atoms with Gasteiger partial charge in [0.05, 0.1) is 5.69 Å². The van der Waals surface area contributed by atoms with E-state index in [2.05, 4.69) is 24.2 Å². The molecule has 0 spiro atoms. The van der Waals surface area contributed by atoms with Crippen molar-refractivity contribution < 1.29 is 0 Å².